The van der Waals surface area contributed by atoms with E-state index in [2.05, 4.69) is 20.7 Å². The molecule has 1 aliphatic carbocycles. The van der Waals surface area contributed by atoms with Crippen LogP contribution < -0.4 is 0 Å². The molecule has 1 aromatic rings. The predicted octanol–water partition coefficient (Wildman–Crippen LogP) is 5.00. The van der Waals surface area contributed by atoms with Crippen molar-refractivity contribution in [2.75, 3.05) is 0 Å². The summed E-state index contributed by atoms with van der Waals surface area (Å²) < 4.78 is 0. The van der Waals surface area contributed by atoms with E-state index >= 15 is 0 Å². The van der Waals surface area contributed by atoms with Gasteiger partial charge in [-0.05, 0) is 47.8 Å². The van der Waals surface area contributed by atoms with Crippen LogP contribution in [0.4, 0.5) is 0 Å². The topological polar surface area (TPSA) is 86.7 Å². The van der Waals surface area contributed by atoms with E-state index in [1.54, 1.807) is 25.1 Å². The van der Waals surface area contributed by atoms with Crippen LogP contribution in [0, 0.1) is 5.92 Å². The zero-order valence-corrected chi connectivity index (χ0v) is 13.5. The molecule has 3 rings (SSSR count). The van der Waals surface area contributed by atoms with Crippen molar-refractivity contribution >= 4 is 23.1 Å². The third-order valence-electron chi connectivity index (χ3n) is 4.34. The van der Waals surface area contributed by atoms with E-state index < -0.39 is 11.6 Å². The molecule has 1 saturated carbocycles. The van der Waals surface area contributed by atoms with Crippen LogP contribution in [0.25, 0.3) is 5.57 Å². The monoisotopic (exact) mass is 332 g/mol. The second-order valence-electron chi connectivity index (χ2n) is 6.02. The molecule has 0 amide bonds. The minimum atomic E-state index is -0.938. The van der Waals surface area contributed by atoms with Gasteiger partial charge in [0.25, 0.3) is 0 Å². The van der Waals surface area contributed by atoms with E-state index in [1.807, 2.05) is 6.08 Å². The van der Waals surface area contributed by atoms with Crippen molar-refractivity contribution in [3.63, 3.8) is 0 Å². The lowest BCUT2D eigenvalue weighted by molar-refractivity contribution is -0.130. The van der Waals surface area contributed by atoms with E-state index in [0.717, 1.165) is 25.7 Å². The molecule has 0 saturated heterocycles. The van der Waals surface area contributed by atoms with Crippen molar-refractivity contribution in [2.24, 2.45) is 26.6 Å². The van der Waals surface area contributed by atoms with Gasteiger partial charge in [-0.3, -0.25) is 0 Å². The number of hydrogen-bond acceptors (Lipinski definition) is 5. The number of allylic oxidation sites excluding steroid dienone is 1. The summed E-state index contributed by atoms with van der Waals surface area (Å²) in [7, 11) is 0. The lowest BCUT2D eigenvalue weighted by Gasteiger charge is -2.17. The molecule has 0 radical (unpaired) electrons. The summed E-state index contributed by atoms with van der Waals surface area (Å²) in [5, 5.41) is 24.9. The summed E-state index contributed by atoms with van der Waals surface area (Å²) >= 11 is 6.34. The van der Waals surface area contributed by atoms with Gasteiger partial charge in [-0.15, -0.1) is 10.2 Å². The minimum Gasteiger partial charge on any atom is -0.478 e. The Morgan fingerprint density at radius 3 is 2.52 bits per heavy atom. The summed E-state index contributed by atoms with van der Waals surface area (Å²) in [4.78, 5) is 11.6. The number of hydrogen-bond donors (Lipinski definition) is 1. The summed E-state index contributed by atoms with van der Waals surface area (Å²) in [6.07, 6.45) is 6.25. The van der Waals surface area contributed by atoms with Crippen molar-refractivity contribution in [1.29, 1.82) is 0 Å². The first-order valence-electron chi connectivity index (χ1n) is 7.59. The fourth-order valence-corrected chi connectivity index (χ4v) is 3.42. The van der Waals surface area contributed by atoms with Crippen LogP contribution in [-0.4, -0.2) is 11.1 Å². The summed E-state index contributed by atoms with van der Waals surface area (Å²) in [6.45, 7) is 1.75. The third-order valence-corrected chi connectivity index (χ3v) is 4.65. The highest BCUT2D eigenvalue weighted by Gasteiger charge is 2.32. The summed E-state index contributed by atoms with van der Waals surface area (Å²) in [5.41, 5.74) is 0.603. The lowest BCUT2D eigenvalue weighted by atomic mass is 9.95. The quantitative estimate of drug-likeness (QED) is 0.786. The maximum Gasteiger partial charge on any atom is 0.335 e. The van der Waals surface area contributed by atoms with Gasteiger partial charge in [0.2, 0.25) is 5.66 Å². The molecule has 2 aliphatic rings. The Bertz CT molecular complexity index is 709. The molecule has 120 valence electrons. The van der Waals surface area contributed by atoms with Crippen molar-refractivity contribution in [3.05, 3.63) is 40.4 Å². The second kappa shape index (κ2) is 6.20. The van der Waals surface area contributed by atoms with Gasteiger partial charge >= 0.3 is 5.97 Å². The SMILES string of the molecule is CC1(c2ccc(/C(=C\C3CCCC3)C(=O)O)cc2Cl)N=NN=N1. The molecule has 1 N–H and O–H groups in total. The summed E-state index contributed by atoms with van der Waals surface area (Å²) in [5.74, 6) is -0.610. The number of rotatable bonds is 4. The number of benzene rings is 1. The molecule has 1 aliphatic heterocycles. The molecule has 0 unspecified atom stereocenters. The van der Waals surface area contributed by atoms with Gasteiger partial charge in [-0.1, -0.05) is 42.7 Å². The standard InChI is InChI=1S/C16H17ClN4O2/c1-16(18-20-21-19-16)13-7-6-11(9-14(13)17)12(15(22)23)8-10-4-2-3-5-10/h6-10H,2-5H2,1H3,(H,22,23)/b12-8+. The number of halogens is 1. The van der Waals surface area contributed by atoms with Crippen molar-refractivity contribution in [1.82, 2.24) is 0 Å². The molecule has 0 bridgehead atoms. The Balaban J connectivity index is 1.96. The Morgan fingerprint density at radius 2 is 1.96 bits per heavy atom. The Labute approximate surface area is 139 Å². The molecule has 23 heavy (non-hydrogen) atoms. The van der Waals surface area contributed by atoms with E-state index in [0.29, 0.717) is 27.6 Å². The fraction of sp³-hybridized carbons (Fsp3) is 0.438. The van der Waals surface area contributed by atoms with Crippen LogP contribution in [0.2, 0.25) is 5.02 Å². The van der Waals surface area contributed by atoms with Crippen LogP contribution in [0.1, 0.15) is 43.7 Å². The molecule has 1 fully saturated rings. The highest BCUT2D eigenvalue weighted by molar-refractivity contribution is 6.32. The minimum absolute atomic E-state index is 0.296. The zero-order chi connectivity index (χ0) is 16.4. The number of aliphatic carboxylic acids is 1. The van der Waals surface area contributed by atoms with Gasteiger partial charge in [-0.2, -0.15) is 0 Å². The van der Waals surface area contributed by atoms with Gasteiger partial charge in [0.05, 0.1) is 5.57 Å². The molecule has 0 atom stereocenters. The van der Waals surface area contributed by atoms with E-state index in [9.17, 15) is 9.90 Å². The Morgan fingerprint density at radius 1 is 1.30 bits per heavy atom. The summed E-state index contributed by atoms with van der Waals surface area (Å²) in [6, 6.07) is 5.14. The Hall–Kier alpha value is -2.08. The molecule has 0 spiro atoms. The normalized spacial score (nSPS) is 20.3. The van der Waals surface area contributed by atoms with Crippen molar-refractivity contribution in [2.45, 2.75) is 38.3 Å². The van der Waals surface area contributed by atoms with Crippen LogP contribution in [0.15, 0.2) is 45.0 Å². The molecule has 1 aromatic carbocycles. The van der Waals surface area contributed by atoms with Gasteiger partial charge in [0.15, 0.2) is 0 Å². The molecule has 1 heterocycles. The zero-order valence-electron chi connectivity index (χ0n) is 12.7. The second-order valence-corrected chi connectivity index (χ2v) is 6.43. The van der Waals surface area contributed by atoms with Crippen molar-refractivity contribution < 1.29 is 9.90 Å². The highest BCUT2D eigenvalue weighted by Crippen LogP contribution is 2.38. The molecule has 0 aromatic heterocycles. The van der Waals surface area contributed by atoms with E-state index in [4.69, 9.17) is 11.6 Å². The third kappa shape index (κ3) is 3.17. The van der Waals surface area contributed by atoms with Crippen molar-refractivity contribution in [3.8, 4) is 0 Å². The predicted molar refractivity (Wildman–Crippen MR) is 86.1 cm³/mol. The maximum atomic E-state index is 11.6. The average Bonchev–Trinajstić information content (AvgIpc) is 3.16. The van der Waals surface area contributed by atoms with Gasteiger partial charge in [0.1, 0.15) is 0 Å². The van der Waals surface area contributed by atoms with Crippen LogP contribution >= 0.6 is 11.6 Å². The van der Waals surface area contributed by atoms with Gasteiger partial charge in [-0.25, -0.2) is 4.79 Å². The number of carboxylic acid groups (broad SMARTS) is 1. The molecular formula is C16H17ClN4O2. The number of carboxylic acids is 1. The van der Waals surface area contributed by atoms with Gasteiger partial charge in [0, 0.05) is 10.6 Å². The largest absolute Gasteiger partial charge is 0.478 e. The smallest absolute Gasteiger partial charge is 0.335 e. The fourth-order valence-electron chi connectivity index (χ4n) is 3.06. The number of carbonyl (C=O) groups is 1. The molecular weight excluding hydrogens is 316 g/mol. The first-order chi connectivity index (χ1) is 11.0. The average molecular weight is 333 g/mol. The first-order valence-corrected chi connectivity index (χ1v) is 7.97. The molecule has 7 heteroatoms. The first kappa shape index (κ1) is 15.8. The van der Waals surface area contributed by atoms with Gasteiger partial charge < -0.3 is 5.11 Å². The van der Waals surface area contributed by atoms with Crippen LogP contribution in [0.3, 0.4) is 0 Å². The number of nitrogens with zero attached hydrogens (tertiary/aromatic N) is 4. The Kier molecular flexibility index (Phi) is 4.26. The van der Waals surface area contributed by atoms with E-state index in [1.165, 1.54) is 0 Å². The van der Waals surface area contributed by atoms with E-state index in [-0.39, 0.29) is 0 Å². The van der Waals surface area contributed by atoms with Crippen LogP contribution in [-0.2, 0) is 10.5 Å². The lowest BCUT2D eigenvalue weighted by Crippen LogP contribution is -2.14. The maximum absolute atomic E-state index is 11.6. The molecule has 6 nitrogen and oxygen atoms in total. The highest BCUT2D eigenvalue weighted by atomic mass is 35.5. The van der Waals surface area contributed by atoms with Crippen LogP contribution in [0.5, 0.6) is 0 Å².